The van der Waals surface area contributed by atoms with Crippen LogP contribution in [0.5, 0.6) is 0 Å². The highest BCUT2D eigenvalue weighted by Gasteiger charge is 1.93. The molecule has 1 aromatic carbocycles. The van der Waals surface area contributed by atoms with E-state index in [0.717, 1.165) is 12.0 Å². The van der Waals surface area contributed by atoms with Crippen LogP contribution in [0.15, 0.2) is 30.3 Å². The third-order valence-electron chi connectivity index (χ3n) is 1.96. The molecule has 0 radical (unpaired) electrons. The van der Waals surface area contributed by atoms with Crippen molar-refractivity contribution in [1.82, 2.24) is 5.32 Å². The Morgan fingerprint density at radius 3 is 2.69 bits per heavy atom. The van der Waals surface area contributed by atoms with Crippen LogP contribution in [0.3, 0.4) is 0 Å². The predicted molar refractivity (Wildman–Crippen MR) is 62.6 cm³/mol. The predicted octanol–water partition coefficient (Wildman–Crippen LogP) is 0.927. The van der Waals surface area contributed by atoms with Crippen LogP contribution in [0.4, 0.5) is 0 Å². The van der Waals surface area contributed by atoms with Crippen molar-refractivity contribution < 1.29 is 9.90 Å². The van der Waals surface area contributed by atoms with Gasteiger partial charge in [-0.2, -0.15) is 0 Å². The number of unbranched alkanes of at least 4 members (excludes halogenated alkanes) is 1. The molecule has 3 heteroatoms. The Kier molecular flexibility index (Phi) is 5.75. The van der Waals surface area contributed by atoms with Crippen LogP contribution >= 0.6 is 0 Å². The highest BCUT2D eigenvalue weighted by molar-refractivity contribution is 5.94. The number of carbonyl (C=O) groups excluding carboxylic acids is 1. The first-order chi connectivity index (χ1) is 7.83. The van der Waals surface area contributed by atoms with Crippen LogP contribution in [0.25, 0.3) is 0 Å². The number of hydrogen-bond donors (Lipinski definition) is 2. The summed E-state index contributed by atoms with van der Waals surface area (Å²) < 4.78 is 0. The number of hydrogen-bond acceptors (Lipinski definition) is 2. The molecule has 0 aliphatic carbocycles. The average Bonchev–Trinajstić information content (AvgIpc) is 2.33. The lowest BCUT2D eigenvalue weighted by Gasteiger charge is -1.98. The van der Waals surface area contributed by atoms with E-state index < -0.39 is 0 Å². The summed E-state index contributed by atoms with van der Waals surface area (Å²) in [6.07, 6.45) is 1.47. The Morgan fingerprint density at radius 1 is 1.25 bits per heavy atom. The van der Waals surface area contributed by atoms with Crippen molar-refractivity contribution in [3.8, 4) is 11.8 Å². The molecule has 0 saturated heterocycles. The second-order valence-corrected chi connectivity index (χ2v) is 3.30. The van der Waals surface area contributed by atoms with E-state index in [9.17, 15) is 4.79 Å². The molecule has 0 bridgehead atoms. The van der Waals surface area contributed by atoms with Gasteiger partial charge in [0.25, 0.3) is 5.91 Å². The fourth-order valence-electron chi connectivity index (χ4n) is 1.13. The van der Waals surface area contributed by atoms with Gasteiger partial charge in [-0.25, -0.2) is 0 Å². The summed E-state index contributed by atoms with van der Waals surface area (Å²) in [6.45, 7) is 0.717. The smallest absolute Gasteiger partial charge is 0.296 e. The lowest BCUT2D eigenvalue weighted by Crippen LogP contribution is -2.22. The molecule has 0 atom stereocenters. The Balaban J connectivity index is 2.32. The van der Waals surface area contributed by atoms with Gasteiger partial charge in [0.1, 0.15) is 0 Å². The maximum Gasteiger partial charge on any atom is 0.296 e. The van der Waals surface area contributed by atoms with Crippen molar-refractivity contribution in [2.45, 2.75) is 12.8 Å². The number of carbonyl (C=O) groups is 1. The van der Waals surface area contributed by atoms with E-state index in [1.807, 2.05) is 30.3 Å². The molecule has 0 fully saturated rings. The van der Waals surface area contributed by atoms with Crippen molar-refractivity contribution >= 4 is 5.91 Å². The fourth-order valence-corrected chi connectivity index (χ4v) is 1.13. The first-order valence-electron chi connectivity index (χ1n) is 5.28. The standard InChI is InChI=1S/C13H15NO2/c15-11-5-4-10-14-13(16)9-8-12-6-2-1-3-7-12/h1-3,6-7,15H,4-5,10-11H2,(H,14,16). The van der Waals surface area contributed by atoms with E-state index in [1.165, 1.54) is 0 Å². The minimum atomic E-state index is -0.276. The van der Waals surface area contributed by atoms with Gasteiger partial charge in [0, 0.05) is 24.6 Å². The molecule has 1 aromatic rings. The minimum absolute atomic E-state index is 0.158. The van der Waals surface area contributed by atoms with E-state index in [4.69, 9.17) is 5.11 Å². The maximum atomic E-state index is 11.2. The quantitative estimate of drug-likeness (QED) is 0.582. The third kappa shape index (κ3) is 5.18. The minimum Gasteiger partial charge on any atom is -0.396 e. The molecular weight excluding hydrogens is 202 g/mol. The van der Waals surface area contributed by atoms with Gasteiger partial charge in [-0.15, -0.1) is 0 Å². The van der Waals surface area contributed by atoms with Gasteiger partial charge in [0.15, 0.2) is 0 Å². The van der Waals surface area contributed by atoms with Crippen LogP contribution in [0.1, 0.15) is 18.4 Å². The molecule has 1 amide bonds. The zero-order valence-corrected chi connectivity index (χ0v) is 9.07. The second kappa shape index (κ2) is 7.49. The Morgan fingerprint density at radius 2 is 2.00 bits per heavy atom. The number of aliphatic hydroxyl groups is 1. The molecule has 0 heterocycles. The molecule has 0 aliphatic rings. The average molecular weight is 217 g/mol. The molecule has 84 valence electrons. The van der Waals surface area contributed by atoms with Crippen LogP contribution in [-0.2, 0) is 4.79 Å². The highest BCUT2D eigenvalue weighted by Crippen LogP contribution is 1.94. The van der Waals surface area contributed by atoms with Gasteiger partial charge in [-0.3, -0.25) is 4.79 Å². The number of benzene rings is 1. The summed E-state index contributed by atoms with van der Waals surface area (Å²) in [7, 11) is 0. The fraction of sp³-hybridized carbons (Fsp3) is 0.308. The summed E-state index contributed by atoms with van der Waals surface area (Å²) in [6, 6.07) is 9.37. The second-order valence-electron chi connectivity index (χ2n) is 3.30. The molecule has 3 nitrogen and oxygen atoms in total. The molecule has 0 saturated carbocycles. The SMILES string of the molecule is O=C(C#Cc1ccccc1)NCCCCO. The number of aliphatic hydroxyl groups excluding tert-OH is 1. The monoisotopic (exact) mass is 217 g/mol. The molecule has 2 N–H and O–H groups in total. The van der Waals surface area contributed by atoms with E-state index in [0.29, 0.717) is 13.0 Å². The Bertz CT molecular complexity index is 376. The third-order valence-corrected chi connectivity index (χ3v) is 1.96. The van der Waals surface area contributed by atoms with Gasteiger partial charge in [0.2, 0.25) is 0 Å². The molecule has 0 spiro atoms. The van der Waals surface area contributed by atoms with Crippen molar-refractivity contribution in [2.75, 3.05) is 13.2 Å². The molecule has 0 aliphatic heterocycles. The van der Waals surface area contributed by atoms with Crippen molar-refractivity contribution in [3.05, 3.63) is 35.9 Å². The summed E-state index contributed by atoms with van der Waals surface area (Å²) in [4.78, 5) is 11.2. The molecule has 1 rings (SSSR count). The lowest BCUT2D eigenvalue weighted by molar-refractivity contribution is -0.115. The van der Waals surface area contributed by atoms with Gasteiger partial charge in [0.05, 0.1) is 0 Å². The highest BCUT2D eigenvalue weighted by atomic mass is 16.2. The van der Waals surface area contributed by atoms with Crippen LogP contribution < -0.4 is 5.32 Å². The molecule has 0 unspecified atom stereocenters. The number of rotatable bonds is 4. The van der Waals surface area contributed by atoms with Crippen LogP contribution in [0, 0.1) is 11.8 Å². The van der Waals surface area contributed by atoms with Crippen molar-refractivity contribution in [1.29, 1.82) is 0 Å². The topological polar surface area (TPSA) is 49.3 Å². The van der Waals surface area contributed by atoms with Gasteiger partial charge in [-0.1, -0.05) is 24.1 Å². The Hall–Kier alpha value is -1.79. The molecule has 0 aromatic heterocycles. The summed E-state index contributed by atoms with van der Waals surface area (Å²) in [5, 5.41) is 11.2. The first-order valence-corrected chi connectivity index (χ1v) is 5.28. The van der Waals surface area contributed by atoms with E-state index in [-0.39, 0.29) is 12.5 Å². The zero-order valence-electron chi connectivity index (χ0n) is 9.07. The van der Waals surface area contributed by atoms with Crippen molar-refractivity contribution in [2.24, 2.45) is 0 Å². The largest absolute Gasteiger partial charge is 0.396 e. The summed E-state index contributed by atoms with van der Waals surface area (Å²) in [5.41, 5.74) is 0.827. The van der Waals surface area contributed by atoms with Gasteiger partial charge >= 0.3 is 0 Å². The molecular formula is C13H15NO2. The van der Waals surface area contributed by atoms with E-state index in [2.05, 4.69) is 17.2 Å². The van der Waals surface area contributed by atoms with Gasteiger partial charge in [-0.05, 0) is 25.0 Å². The summed E-state index contributed by atoms with van der Waals surface area (Å²) in [5.74, 6) is 5.01. The maximum absolute atomic E-state index is 11.2. The van der Waals surface area contributed by atoms with Crippen molar-refractivity contribution in [3.63, 3.8) is 0 Å². The van der Waals surface area contributed by atoms with E-state index >= 15 is 0 Å². The normalized spacial score (nSPS) is 9.06. The number of amides is 1. The van der Waals surface area contributed by atoms with Gasteiger partial charge < -0.3 is 10.4 Å². The first kappa shape index (κ1) is 12.3. The van der Waals surface area contributed by atoms with Crippen LogP contribution in [-0.4, -0.2) is 24.2 Å². The lowest BCUT2D eigenvalue weighted by atomic mass is 10.2. The summed E-state index contributed by atoms with van der Waals surface area (Å²) >= 11 is 0. The Labute approximate surface area is 95.5 Å². The molecule has 16 heavy (non-hydrogen) atoms. The van der Waals surface area contributed by atoms with E-state index in [1.54, 1.807) is 0 Å². The number of nitrogens with one attached hydrogen (secondary N) is 1. The van der Waals surface area contributed by atoms with Crippen LogP contribution in [0.2, 0.25) is 0 Å². The zero-order chi connectivity index (χ0) is 11.6.